The van der Waals surface area contributed by atoms with Crippen LogP contribution in [-0.2, 0) is 10.2 Å². The van der Waals surface area contributed by atoms with Crippen molar-refractivity contribution in [2.24, 2.45) is 16.5 Å². The van der Waals surface area contributed by atoms with Crippen LogP contribution >= 0.6 is 0 Å². The van der Waals surface area contributed by atoms with Crippen molar-refractivity contribution in [1.29, 1.82) is 0 Å². The zero-order valence-electron chi connectivity index (χ0n) is 13.5. The Bertz CT molecular complexity index is 565. The number of hydrogen-bond acceptors (Lipinski definition) is 1. The Hall–Kier alpha value is -1.84. The molecule has 1 aromatic rings. The number of carbonyl (C=O) groups is 1. The molecule has 0 aliphatic carbocycles. The van der Waals surface area contributed by atoms with Gasteiger partial charge in [-0.15, -0.1) is 0 Å². The number of carbonyl (C=O) groups excluding carboxylic acids is 1. The van der Waals surface area contributed by atoms with Crippen molar-refractivity contribution in [3.8, 4) is 0 Å². The highest BCUT2D eigenvalue weighted by Gasteiger charge is 2.34. The second-order valence-electron chi connectivity index (χ2n) is 5.97. The molecule has 0 bridgehead atoms. The Kier molecular flexibility index (Phi) is 4.27. The molecule has 0 atom stereocenters. The lowest BCUT2D eigenvalue weighted by molar-refractivity contribution is -0.122. The summed E-state index contributed by atoms with van der Waals surface area (Å²) < 4.78 is 0. The lowest BCUT2D eigenvalue weighted by Crippen LogP contribution is -2.34. The Balaban J connectivity index is 3.62. The monoisotopic (exact) mass is 275 g/mol. The normalized spacial score (nSPS) is 11.3. The number of nitrogens with two attached hydrogens (primary N) is 2. The second-order valence-corrected chi connectivity index (χ2v) is 5.97. The van der Waals surface area contributed by atoms with Gasteiger partial charge in [-0.3, -0.25) is 4.79 Å². The van der Waals surface area contributed by atoms with Crippen molar-refractivity contribution in [3.63, 3.8) is 0 Å². The minimum Gasteiger partial charge on any atom is -0.370 e. The van der Waals surface area contributed by atoms with E-state index < -0.39 is 5.41 Å². The molecular formula is C16H25N3O. The number of guanidine groups is 1. The van der Waals surface area contributed by atoms with Crippen LogP contribution in [0.15, 0.2) is 4.99 Å². The Labute approximate surface area is 121 Å². The largest absolute Gasteiger partial charge is 0.370 e. The maximum atomic E-state index is 12.3. The van der Waals surface area contributed by atoms with Crippen molar-refractivity contribution in [3.05, 3.63) is 33.4 Å². The molecule has 0 spiro atoms. The molecule has 4 heteroatoms. The molecule has 0 aromatic heterocycles. The Morgan fingerprint density at radius 1 is 0.850 bits per heavy atom. The van der Waals surface area contributed by atoms with E-state index >= 15 is 0 Å². The van der Waals surface area contributed by atoms with Crippen LogP contribution in [0.1, 0.15) is 47.2 Å². The molecule has 1 amide bonds. The van der Waals surface area contributed by atoms with E-state index in [1.54, 1.807) is 0 Å². The summed E-state index contributed by atoms with van der Waals surface area (Å²) in [5.74, 6) is -0.509. The highest BCUT2D eigenvalue weighted by atomic mass is 16.1. The van der Waals surface area contributed by atoms with Gasteiger partial charge in [-0.25, -0.2) is 0 Å². The van der Waals surface area contributed by atoms with Crippen molar-refractivity contribution >= 4 is 11.9 Å². The molecule has 1 rings (SSSR count). The number of hydrogen-bond donors (Lipinski definition) is 2. The van der Waals surface area contributed by atoms with E-state index in [1.165, 1.54) is 16.7 Å². The summed E-state index contributed by atoms with van der Waals surface area (Å²) >= 11 is 0. The summed E-state index contributed by atoms with van der Waals surface area (Å²) in [6.07, 6.45) is 0. The summed E-state index contributed by atoms with van der Waals surface area (Å²) in [7, 11) is 0. The number of nitrogens with zero attached hydrogens (tertiary/aromatic N) is 1. The average molecular weight is 275 g/mol. The molecule has 4 N–H and O–H groups in total. The summed E-state index contributed by atoms with van der Waals surface area (Å²) in [5.41, 5.74) is 16.9. The molecule has 0 unspecified atom stereocenters. The van der Waals surface area contributed by atoms with Gasteiger partial charge in [0.2, 0.25) is 0 Å². The first-order valence-electron chi connectivity index (χ1n) is 6.73. The van der Waals surface area contributed by atoms with Crippen molar-refractivity contribution in [2.45, 2.75) is 53.9 Å². The molecular weight excluding hydrogens is 250 g/mol. The summed E-state index contributed by atoms with van der Waals surface area (Å²) in [6.45, 7) is 14.1. The third kappa shape index (κ3) is 2.55. The van der Waals surface area contributed by atoms with E-state index in [9.17, 15) is 4.79 Å². The zero-order valence-corrected chi connectivity index (χ0v) is 13.5. The zero-order chi connectivity index (χ0) is 15.8. The first-order chi connectivity index (χ1) is 9.01. The van der Waals surface area contributed by atoms with Crippen LogP contribution in [0.25, 0.3) is 0 Å². The first-order valence-corrected chi connectivity index (χ1v) is 6.73. The van der Waals surface area contributed by atoms with Crippen LogP contribution in [0.4, 0.5) is 0 Å². The lowest BCUT2D eigenvalue weighted by Gasteiger charge is -2.29. The number of rotatable bonds is 2. The number of benzene rings is 1. The highest BCUT2D eigenvalue weighted by molar-refractivity contribution is 5.97. The number of amides is 1. The summed E-state index contributed by atoms with van der Waals surface area (Å²) in [6, 6.07) is 0. The molecule has 20 heavy (non-hydrogen) atoms. The van der Waals surface area contributed by atoms with Crippen molar-refractivity contribution in [2.75, 3.05) is 0 Å². The van der Waals surface area contributed by atoms with Crippen LogP contribution in [0, 0.1) is 34.6 Å². The molecule has 0 radical (unpaired) electrons. The fourth-order valence-electron chi connectivity index (χ4n) is 2.80. The smallest absolute Gasteiger partial charge is 0.258 e. The van der Waals surface area contributed by atoms with Gasteiger partial charge in [-0.1, -0.05) is 0 Å². The predicted molar refractivity (Wildman–Crippen MR) is 84.0 cm³/mol. The van der Waals surface area contributed by atoms with Crippen LogP contribution in [0.2, 0.25) is 0 Å². The maximum absolute atomic E-state index is 12.3. The van der Waals surface area contributed by atoms with E-state index in [-0.39, 0.29) is 11.9 Å². The minimum atomic E-state index is -0.749. The summed E-state index contributed by atoms with van der Waals surface area (Å²) in [5, 5.41) is 0. The van der Waals surface area contributed by atoms with Crippen LogP contribution in [-0.4, -0.2) is 11.9 Å². The van der Waals surface area contributed by atoms with Gasteiger partial charge in [-0.05, 0) is 81.8 Å². The van der Waals surface area contributed by atoms with Gasteiger partial charge in [0.1, 0.15) is 0 Å². The van der Waals surface area contributed by atoms with E-state index in [2.05, 4.69) is 39.6 Å². The molecule has 0 saturated heterocycles. The van der Waals surface area contributed by atoms with Gasteiger partial charge < -0.3 is 11.5 Å². The molecule has 0 aliphatic heterocycles. The fraction of sp³-hybridized carbons (Fsp3) is 0.500. The van der Waals surface area contributed by atoms with E-state index in [0.29, 0.717) is 0 Å². The predicted octanol–water partition coefficient (Wildman–Crippen LogP) is 2.31. The first kappa shape index (κ1) is 16.2. The third-order valence-corrected chi connectivity index (χ3v) is 4.39. The quantitative estimate of drug-likeness (QED) is 0.642. The average Bonchev–Trinajstić information content (AvgIpc) is 2.33. The SMILES string of the molecule is Cc1c(C)c(C)c(C(C)(C)C(=O)N=C(N)N)c(C)c1C. The van der Waals surface area contributed by atoms with E-state index in [0.717, 1.165) is 16.7 Å². The minimum absolute atomic E-state index is 0.195. The summed E-state index contributed by atoms with van der Waals surface area (Å²) in [4.78, 5) is 16.1. The molecule has 0 saturated carbocycles. The van der Waals surface area contributed by atoms with E-state index in [1.807, 2.05) is 13.8 Å². The van der Waals surface area contributed by atoms with Gasteiger partial charge >= 0.3 is 0 Å². The molecule has 0 fully saturated rings. The molecule has 1 aromatic carbocycles. The fourth-order valence-corrected chi connectivity index (χ4v) is 2.80. The topological polar surface area (TPSA) is 81.5 Å². The molecule has 4 nitrogen and oxygen atoms in total. The third-order valence-electron chi connectivity index (χ3n) is 4.39. The van der Waals surface area contributed by atoms with Crippen LogP contribution < -0.4 is 11.5 Å². The van der Waals surface area contributed by atoms with E-state index in [4.69, 9.17) is 11.5 Å². The maximum Gasteiger partial charge on any atom is 0.258 e. The van der Waals surface area contributed by atoms with Gasteiger partial charge in [-0.2, -0.15) is 4.99 Å². The lowest BCUT2D eigenvalue weighted by atomic mass is 9.75. The second kappa shape index (κ2) is 5.27. The van der Waals surface area contributed by atoms with Gasteiger partial charge in [0.15, 0.2) is 5.96 Å². The molecule has 0 heterocycles. The standard InChI is InChI=1S/C16H25N3O/c1-8-9(2)11(4)13(12(5)10(8)3)16(6,7)14(20)19-15(17)18/h1-7H3,(H4,17,18,19,20). The Morgan fingerprint density at radius 2 is 1.20 bits per heavy atom. The number of aliphatic imine (C=N–C) groups is 1. The highest BCUT2D eigenvalue weighted by Crippen LogP contribution is 2.35. The molecule has 110 valence electrons. The van der Waals surface area contributed by atoms with Gasteiger partial charge in [0, 0.05) is 0 Å². The van der Waals surface area contributed by atoms with Crippen LogP contribution in [0.3, 0.4) is 0 Å². The van der Waals surface area contributed by atoms with Crippen molar-refractivity contribution < 1.29 is 4.79 Å². The van der Waals surface area contributed by atoms with Gasteiger partial charge in [0.25, 0.3) is 5.91 Å². The molecule has 0 aliphatic rings. The van der Waals surface area contributed by atoms with Gasteiger partial charge in [0.05, 0.1) is 5.41 Å². The van der Waals surface area contributed by atoms with Crippen molar-refractivity contribution in [1.82, 2.24) is 0 Å². The van der Waals surface area contributed by atoms with Crippen LogP contribution in [0.5, 0.6) is 0 Å². The Morgan fingerprint density at radius 3 is 1.55 bits per heavy atom.